The number of nitrogens with zero attached hydrogens (tertiary/aromatic N) is 4. The van der Waals surface area contributed by atoms with E-state index in [0.717, 1.165) is 23.9 Å². The van der Waals surface area contributed by atoms with E-state index in [9.17, 15) is 9.59 Å². The molecule has 0 spiro atoms. The number of aryl methyl sites for hydroxylation is 1. The molecule has 1 aromatic heterocycles. The van der Waals surface area contributed by atoms with Gasteiger partial charge in [0.2, 0.25) is 5.88 Å². The SMILES string of the molecule is CCOc1ccc2ccccc2c1C(=O)NCCN1CCN(C(=O)c2cn(C)nc2OC)CC1. The highest BCUT2D eigenvalue weighted by molar-refractivity contribution is 6.09. The maximum Gasteiger partial charge on any atom is 0.261 e. The molecule has 4 rings (SSSR count). The van der Waals surface area contributed by atoms with E-state index in [4.69, 9.17) is 9.47 Å². The molecule has 0 saturated carbocycles. The van der Waals surface area contributed by atoms with Gasteiger partial charge in [-0.05, 0) is 23.8 Å². The van der Waals surface area contributed by atoms with Crippen molar-refractivity contribution < 1.29 is 19.1 Å². The summed E-state index contributed by atoms with van der Waals surface area (Å²) >= 11 is 0. The van der Waals surface area contributed by atoms with E-state index < -0.39 is 0 Å². The van der Waals surface area contributed by atoms with Crippen LogP contribution in [0.2, 0.25) is 0 Å². The zero-order valence-corrected chi connectivity index (χ0v) is 19.9. The number of carbonyl (C=O) groups excluding carboxylic acids is 2. The number of rotatable bonds is 8. The fraction of sp³-hybridized carbons (Fsp3) is 0.400. The third-order valence-corrected chi connectivity index (χ3v) is 6.01. The normalized spacial score (nSPS) is 14.3. The van der Waals surface area contributed by atoms with Crippen LogP contribution in [-0.4, -0.2) is 84.4 Å². The van der Waals surface area contributed by atoms with Crippen LogP contribution < -0.4 is 14.8 Å². The molecular weight excluding hydrogens is 434 g/mol. The molecule has 0 atom stereocenters. The molecule has 0 unspecified atom stereocenters. The first kappa shape index (κ1) is 23.6. The van der Waals surface area contributed by atoms with Gasteiger partial charge >= 0.3 is 0 Å². The van der Waals surface area contributed by atoms with Gasteiger partial charge in [0.1, 0.15) is 11.3 Å². The maximum atomic E-state index is 13.1. The van der Waals surface area contributed by atoms with Gasteiger partial charge in [0.15, 0.2) is 0 Å². The van der Waals surface area contributed by atoms with Crippen molar-refractivity contribution in [3.05, 3.63) is 53.7 Å². The smallest absolute Gasteiger partial charge is 0.261 e. The van der Waals surface area contributed by atoms with Crippen LogP contribution in [0, 0.1) is 0 Å². The van der Waals surface area contributed by atoms with Gasteiger partial charge in [-0.2, -0.15) is 0 Å². The molecule has 1 N–H and O–H groups in total. The molecule has 1 aliphatic heterocycles. The predicted molar refractivity (Wildman–Crippen MR) is 130 cm³/mol. The van der Waals surface area contributed by atoms with Crippen molar-refractivity contribution in [2.45, 2.75) is 6.92 Å². The second-order valence-corrected chi connectivity index (χ2v) is 8.21. The molecule has 2 aromatic carbocycles. The first-order valence-electron chi connectivity index (χ1n) is 11.5. The molecule has 34 heavy (non-hydrogen) atoms. The number of hydrogen-bond acceptors (Lipinski definition) is 6. The molecule has 2 amide bonds. The second-order valence-electron chi connectivity index (χ2n) is 8.21. The fourth-order valence-corrected chi connectivity index (χ4v) is 4.29. The summed E-state index contributed by atoms with van der Waals surface area (Å²) in [6.07, 6.45) is 1.69. The Morgan fingerprint density at radius 3 is 2.59 bits per heavy atom. The summed E-state index contributed by atoms with van der Waals surface area (Å²) < 4.78 is 12.5. The lowest BCUT2D eigenvalue weighted by Gasteiger charge is -2.34. The van der Waals surface area contributed by atoms with Gasteiger partial charge in [0.05, 0.1) is 19.3 Å². The number of methoxy groups -OCH3 is 1. The minimum absolute atomic E-state index is 0.0719. The molecule has 1 saturated heterocycles. The lowest BCUT2D eigenvalue weighted by atomic mass is 10.0. The largest absolute Gasteiger partial charge is 0.493 e. The minimum atomic E-state index is -0.141. The van der Waals surface area contributed by atoms with Gasteiger partial charge in [-0.15, -0.1) is 5.10 Å². The van der Waals surface area contributed by atoms with Crippen LogP contribution in [0.4, 0.5) is 0 Å². The number of ether oxygens (including phenoxy) is 2. The molecule has 3 aromatic rings. The first-order chi connectivity index (χ1) is 16.5. The maximum absolute atomic E-state index is 13.1. The number of hydrogen-bond donors (Lipinski definition) is 1. The van der Waals surface area contributed by atoms with Crippen molar-refractivity contribution in [2.75, 3.05) is 53.0 Å². The third-order valence-electron chi connectivity index (χ3n) is 6.01. The van der Waals surface area contributed by atoms with Crippen LogP contribution in [-0.2, 0) is 7.05 Å². The van der Waals surface area contributed by atoms with E-state index in [-0.39, 0.29) is 11.8 Å². The second kappa shape index (κ2) is 10.6. The molecule has 180 valence electrons. The quantitative estimate of drug-likeness (QED) is 0.549. The third kappa shape index (κ3) is 4.99. The average molecular weight is 466 g/mol. The van der Waals surface area contributed by atoms with Gasteiger partial charge in [0, 0.05) is 52.5 Å². The van der Waals surface area contributed by atoms with E-state index in [1.54, 1.807) is 17.9 Å². The minimum Gasteiger partial charge on any atom is -0.493 e. The van der Waals surface area contributed by atoms with Gasteiger partial charge < -0.3 is 19.7 Å². The Kier molecular flexibility index (Phi) is 7.32. The number of nitrogens with one attached hydrogen (secondary N) is 1. The summed E-state index contributed by atoms with van der Waals surface area (Å²) in [4.78, 5) is 30.0. The van der Waals surface area contributed by atoms with Crippen LogP contribution >= 0.6 is 0 Å². The van der Waals surface area contributed by atoms with Crippen LogP contribution in [0.1, 0.15) is 27.6 Å². The predicted octanol–water partition coefficient (Wildman–Crippen LogP) is 2.17. The average Bonchev–Trinajstić information content (AvgIpc) is 3.24. The van der Waals surface area contributed by atoms with Crippen molar-refractivity contribution in [1.82, 2.24) is 24.9 Å². The van der Waals surface area contributed by atoms with E-state index in [2.05, 4.69) is 15.3 Å². The number of fused-ring (bicyclic) bond motifs is 1. The van der Waals surface area contributed by atoms with Crippen LogP contribution in [0.3, 0.4) is 0 Å². The standard InChI is InChI=1S/C25H31N5O4/c1-4-34-21-10-9-18-7-5-6-8-19(18)22(21)23(31)26-11-12-29-13-15-30(16-14-29)25(32)20-17-28(2)27-24(20)33-3/h5-10,17H,4,11-16H2,1-3H3,(H,26,31). The molecule has 0 aliphatic carbocycles. The molecule has 1 aliphatic rings. The number of piperazine rings is 1. The Morgan fingerprint density at radius 1 is 1.09 bits per heavy atom. The Hall–Kier alpha value is -3.59. The highest BCUT2D eigenvalue weighted by atomic mass is 16.5. The molecule has 0 bridgehead atoms. The summed E-state index contributed by atoms with van der Waals surface area (Å²) in [6.45, 7) is 6.32. The molecular formula is C25H31N5O4. The number of benzene rings is 2. The first-order valence-corrected chi connectivity index (χ1v) is 11.5. The van der Waals surface area contributed by atoms with Crippen LogP contribution in [0.15, 0.2) is 42.6 Å². The van der Waals surface area contributed by atoms with Gasteiger partial charge in [-0.1, -0.05) is 30.3 Å². The van der Waals surface area contributed by atoms with E-state index in [0.29, 0.717) is 55.5 Å². The highest BCUT2D eigenvalue weighted by Crippen LogP contribution is 2.28. The van der Waals surface area contributed by atoms with Crippen molar-refractivity contribution >= 4 is 22.6 Å². The Morgan fingerprint density at radius 2 is 1.85 bits per heavy atom. The van der Waals surface area contributed by atoms with Crippen molar-refractivity contribution in [1.29, 1.82) is 0 Å². The Labute approximate surface area is 199 Å². The van der Waals surface area contributed by atoms with Gasteiger partial charge in [0.25, 0.3) is 11.8 Å². The Balaban J connectivity index is 1.32. The summed E-state index contributed by atoms with van der Waals surface area (Å²) in [6, 6.07) is 11.6. The van der Waals surface area contributed by atoms with Gasteiger partial charge in [-0.25, -0.2) is 0 Å². The lowest BCUT2D eigenvalue weighted by Crippen LogP contribution is -2.50. The van der Waals surface area contributed by atoms with Crippen molar-refractivity contribution in [2.24, 2.45) is 7.05 Å². The summed E-state index contributed by atoms with van der Waals surface area (Å²) in [5, 5.41) is 9.09. The fourth-order valence-electron chi connectivity index (χ4n) is 4.29. The zero-order valence-electron chi connectivity index (χ0n) is 19.9. The number of amides is 2. The van der Waals surface area contributed by atoms with Gasteiger partial charge in [-0.3, -0.25) is 19.2 Å². The van der Waals surface area contributed by atoms with Crippen LogP contribution in [0.25, 0.3) is 10.8 Å². The van der Waals surface area contributed by atoms with Crippen molar-refractivity contribution in [3.63, 3.8) is 0 Å². The van der Waals surface area contributed by atoms with Crippen molar-refractivity contribution in [3.8, 4) is 11.6 Å². The molecule has 9 heteroatoms. The molecule has 2 heterocycles. The Bertz CT molecular complexity index is 1170. The highest BCUT2D eigenvalue weighted by Gasteiger charge is 2.26. The summed E-state index contributed by atoms with van der Waals surface area (Å²) in [5.41, 5.74) is 1.05. The molecule has 9 nitrogen and oxygen atoms in total. The monoisotopic (exact) mass is 465 g/mol. The lowest BCUT2D eigenvalue weighted by molar-refractivity contribution is 0.0635. The van der Waals surface area contributed by atoms with E-state index >= 15 is 0 Å². The number of aromatic nitrogens is 2. The summed E-state index contributed by atoms with van der Waals surface area (Å²) in [5.74, 6) is 0.726. The number of carbonyl (C=O) groups is 2. The summed E-state index contributed by atoms with van der Waals surface area (Å²) in [7, 11) is 3.28. The van der Waals surface area contributed by atoms with E-state index in [1.165, 1.54) is 7.11 Å². The zero-order chi connectivity index (χ0) is 24.1. The van der Waals surface area contributed by atoms with Crippen LogP contribution in [0.5, 0.6) is 11.6 Å². The molecule has 1 fully saturated rings. The molecule has 0 radical (unpaired) electrons. The van der Waals surface area contributed by atoms with E-state index in [1.807, 2.05) is 48.2 Å². The topological polar surface area (TPSA) is 88.9 Å².